The summed E-state index contributed by atoms with van der Waals surface area (Å²) in [6.07, 6.45) is 10.1. The molecule has 0 unspecified atom stereocenters. The maximum Gasteiger partial charge on any atom is 0.252 e. The summed E-state index contributed by atoms with van der Waals surface area (Å²) in [4.78, 5) is 10.7. The highest BCUT2D eigenvalue weighted by atomic mass is 35.5. The van der Waals surface area contributed by atoms with Gasteiger partial charge in [-0.1, -0.05) is 43.0 Å². The van der Waals surface area contributed by atoms with Crippen LogP contribution < -0.4 is 0 Å². The number of carbonyl (C=O) groups excluding carboxylic acids is 1. The van der Waals surface area contributed by atoms with Crippen molar-refractivity contribution in [3.8, 4) is 0 Å². The lowest BCUT2D eigenvalue weighted by Gasteiger charge is -1.88. The van der Waals surface area contributed by atoms with Gasteiger partial charge in [-0.3, -0.25) is 4.79 Å². The van der Waals surface area contributed by atoms with Crippen molar-refractivity contribution < 1.29 is 4.79 Å². The van der Waals surface area contributed by atoms with E-state index in [4.69, 9.17) is 11.6 Å². The van der Waals surface area contributed by atoms with Gasteiger partial charge in [0.1, 0.15) is 0 Å². The van der Waals surface area contributed by atoms with Crippen LogP contribution in [0.25, 0.3) is 0 Å². The predicted octanol–water partition coefficient (Wildman–Crippen LogP) is 3.00. The Kier molecular flexibility index (Phi) is 6.02. The third-order valence-electron chi connectivity index (χ3n) is 1.10. The smallest absolute Gasteiger partial charge is 0.252 e. The molecule has 0 aromatic heterocycles. The molecule has 0 spiro atoms. The molecule has 0 saturated heterocycles. The SMILES string of the molecule is C=C\C=C(/C=C\C=C/C)C(=O)Cl. The van der Waals surface area contributed by atoms with E-state index in [-0.39, 0.29) is 0 Å². The molecule has 0 heterocycles. The average Bonchev–Trinajstić information content (AvgIpc) is 2.03. The fourth-order valence-corrected chi connectivity index (χ4v) is 0.710. The van der Waals surface area contributed by atoms with Crippen molar-refractivity contribution in [2.75, 3.05) is 0 Å². The summed E-state index contributed by atoms with van der Waals surface area (Å²) < 4.78 is 0. The monoisotopic (exact) mass is 182 g/mol. The molecule has 0 rings (SSSR count). The lowest BCUT2D eigenvalue weighted by molar-refractivity contribution is -0.108. The molecule has 0 bridgehead atoms. The molecule has 0 N–H and O–H groups in total. The van der Waals surface area contributed by atoms with Crippen LogP contribution in [0.3, 0.4) is 0 Å². The number of rotatable bonds is 4. The van der Waals surface area contributed by atoms with E-state index in [2.05, 4.69) is 6.58 Å². The summed E-state index contributed by atoms with van der Waals surface area (Å²) in [5.74, 6) is 0. The lowest BCUT2D eigenvalue weighted by atomic mass is 10.2. The zero-order chi connectivity index (χ0) is 9.40. The molecule has 0 atom stereocenters. The number of allylic oxidation sites excluding steroid dienone is 7. The third-order valence-corrected chi connectivity index (χ3v) is 1.32. The summed E-state index contributed by atoms with van der Waals surface area (Å²) in [6.45, 7) is 5.36. The second-order valence-corrected chi connectivity index (χ2v) is 2.36. The van der Waals surface area contributed by atoms with E-state index in [9.17, 15) is 4.79 Å². The van der Waals surface area contributed by atoms with Gasteiger partial charge < -0.3 is 0 Å². The quantitative estimate of drug-likeness (QED) is 0.371. The Balaban J connectivity index is 4.44. The Bertz CT molecular complexity index is 247. The van der Waals surface area contributed by atoms with Gasteiger partial charge in [0.2, 0.25) is 0 Å². The number of hydrogen-bond acceptors (Lipinski definition) is 1. The first-order valence-electron chi connectivity index (χ1n) is 3.54. The summed E-state index contributed by atoms with van der Waals surface area (Å²) in [7, 11) is 0. The normalized spacial score (nSPS) is 12.7. The van der Waals surface area contributed by atoms with E-state index in [1.165, 1.54) is 6.08 Å². The largest absolute Gasteiger partial charge is 0.276 e. The first-order valence-corrected chi connectivity index (χ1v) is 3.92. The van der Waals surface area contributed by atoms with Crippen LogP contribution in [0.5, 0.6) is 0 Å². The van der Waals surface area contributed by atoms with Crippen LogP contribution in [0.2, 0.25) is 0 Å². The van der Waals surface area contributed by atoms with Crippen molar-refractivity contribution in [3.05, 3.63) is 48.6 Å². The molecule has 0 fully saturated rings. The Morgan fingerprint density at radius 1 is 1.42 bits per heavy atom. The molecule has 0 aromatic rings. The van der Waals surface area contributed by atoms with E-state index < -0.39 is 5.24 Å². The molecule has 0 aliphatic heterocycles. The molecule has 12 heavy (non-hydrogen) atoms. The highest BCUT2D eigenvalue weighted by Crippen LogP contribution is 2.02. The molecular formula is C10H11ClO. The van der Waals surface area contributed by atoms with Gasteiger partial charge in [0.15, 0.2) is 0 Å². The van der Waals surface area contributed by atoms with Gasteiger partial charge in [0.05, 0.1) is 0 Å². The second kappa shape index (κ2) is 6.62. The maximum atomic E-state index is 10.7. The van der Waals surface area contributed by atoms with Crippen molar-refractivity contribution in [3.63, 3.8) is 0 Å². The summed E-state index contributed by atoms with van der Waals surface area (Å²) in [5, 5.41) is -0.476. The van der Waals surface area contributed by atoms with E-state index in [0.717, 1.165) is 0 Å². The van der Waals surface area contributed by atoms with Crippen LogP contribution in [0.15, 0.2) is 48.6 Å². The minimum absolute atomic E-state index is 0.435. The van der Waals surface area contributed by atoms with Gasteiger partial charge in [-0.05, 0) is 18.5 Å². The maximum absolute atomic E-state index is 10.7. The Morgan fingerprint density at radius 2 is 2.08 bits per heavy atom. The molecule has 0 aliphatic carbocycles. The van der Waals surface area contributed by atoms with Crippen molar-refractivity contribution in [1.82, 2.24) is 0 Å². The van der Waals surface area contributed by atoms with Gasteiger partial charge in [-0.2, -0.15) is 0 Å². The van der Waals surface area contributed by atoms with E-state index >= 15 is 0 Å². The van der Waals surface area contributed by atoms with Crippen LogP contribution >= 0.6 is 11.6 Å². The number of hydrogen-bond donors (Lipinski definition) is 0. The Hall–Kier alpha value is -1.08. The molecule has 0 radical (unpaired) electrons. The Morgan fingerprint density at radius 3 is 2.50 bits per heavy atom. The van der Waals surface area contributed by atoms with Crippen molar-refractivity contribution in [2.24, 2.45) is 0 Å². The highest BCUT2D eigenvalue weighted by molar-refractivity contribution is 6.68. The van der Waals surface area contributed by atoms with Crippen molar-refractivity contribution >= 4 is 16.8 Å². The average molecular weight is 183 g/mol. The molecule has 0 saturated carbocycles. The first-order chi connectivity index (χ1) is 5.72. The van der Waals surface area contributed by atoms with Crippen molar-refractivity contribution in [2.45, 2.75) is 6.92 Å². The van der Waals surface area contributed by atoms with Crippen LogP contribution in [-0.4, -0.2) is 5.24 Å². The van der Waals surface area contributed by atoms with Gasteiger partial charge >= 0.3 is 0 Å². The first kappa shape index (κ1) is 10.9. The third kappa shape index (κ3) is 4.69. The summed E-state index contributed by atoms with van der Waals surface area (Å²) in [6, 6.07) is 0. The van der Waals surface area contributed by atoms with Crippen molar-refractivity contribution in [1.29, 1.82) is 0 Å². The molecule has 64 valence electrons. The van der Waals surface area contributed by atoms with Crippen LogP contribution in [-0.2, 0) is 4.79 Å². The zero-order valence-corrected chi connectivity index (χ0v) is 7.71. The lowest BCUT2D eigenvalue weighted by Crippen LogP contribution is -1.87. The summed E-state index contributed by atoms with van der Waals surface area (Å²) >= 11 is 5.27. The van der Waals surface area contributed by atoms with Gasteiger partial charge in [-0.15, -0.1) is 0 Å². The van der Waals surface area contributed by atoms with E-state index in [0.29, 0.717) is 5.57 Å². The second-order valence-electron chi connectivity index (χ2n) is 2.02. The zero-order valence-electron chi connectivity index (χ0n) is 6.96. The van der Waals surface area contributed by atoms with E-state index in [1.54, 1.807) is 18.2 Å². The molecule has 0 aliphatic rings. The van der Waals surface area contributed by atoms with Crippen LogP contribution in [0, 0.1) is 0 Å². The number of carbonyl (C=O) groups is 1. The molecular weight excluding hydrogens is 172 g/mol. The van der Waals surface area contributed by atoms with Gasteiger partial charge in [0.25, 0.3) is 5.24 Å². The number of halogens is 1. The fraction of sp³-hybridized carbons (Fsp3) is 0.100. The standard InChI is InChI=1S/C10H11ClO/c1-3-5-6-8-9(7-4-2)10(11)12/h3-8H,2H2,1H3/b5-3-,8-6-,9-7+. The van der Waals surface area contributed by atoms with Crippen LogP contribution in [0.4, 0.5) is 0 Å². The minimum Gasteiger partial charge on any atom is -0.276 e. The molecule has 2 heteroatoms. The van der Waals surface area contributed by atoms with Gasteiger partial charge in [0, 0.05) is 5.57 Å². The topological polar surface area (TPSA) is 17.1 Å². The summed E-state index contributed by atoms with van der Waals surface area (Å²) in [5.41, 5.74) is 0.435. The fourth-order valence-electron chi connectivity index (χ4n) is 0.584. The predicted molar refractivity (Wildman–Crippen MR) is 53.1 cm³/mol. The molecule has 0 amide bonds. The van der Waals surface area contributed by atoms with Gasteiger partial charge in [-0.25, -0.2) is 0 Å². The minimum atomic E-state index is -0.476. The van der Waals surface area contributed by atoms with E-state index in [1.807, 2.05) is 19.1 Å². The molecule has 0 aromatic carbocycles. The highest BCUT2D eigenvalue weighted by Gasteiger charge is 1.98. The van der Waals surface area contributed by atoms with Crippen LogP contribution in [0.1, 0.15) is 6.92 Å². The Labute approximate surface area is 77.7 Å². The molecule has 1 nitrogen and oxygen atoms in total.